The predicted molar refractivity (Wildman–Crippen MR) is 44.5 cm³/mol. The van der Waals surface area contributed by atoms with E-state index < -0.39 is 30.4 Å². The van der Waals surface area contributed by atoms with Crippen molar-refractivity contribution in [2.24, 2.45) is 5.41 Å². The lowest BCUT2D eigenvalue weighted by Gasteiger charge is -2.20. The number of hydrogen-bond acceptors (Lipinski definition) is 2. The van der Waals surface area contributed by atoms with Gasteiger partial charge in [0.1, 0.15) is 6.61 Å². The Morgan fingerprint density at radius 3 is 2.15 bits per heavy atom. The van der Waals surface area contributed by atoms with E-state index in [9.17, 15) is 13.6 Å². The number of alkyl halides is 2. The molecule has 0 rings (SSSR count). The molecule has 2 N–H and O–H groups in total. The van der Waals surface area contributed by atoms with E-state index in [1.165, 1.54) is 0 Å². The Morgan fingerprint density at radius 2 is 1.85 bits per heavy atom. The number of halogens is 2. The van der Waals surface area contributed by atoms with Gasteiger partial charge in [-0.25, -0.2) is 8.78 Å². The van der Waals surface area contributed by atoms with Gasteiger partial charge in [0, 0.05) is 5.41 Å². The van der Waals surface area contributed by atoms with Gasteiger partial charge in [-0.05, 0) is 0 Å². The maximum absolute atomic E-state index is 12.4. The number of rotatable bonds is 3. The van der Waals surface area contributed by atoms with Crippen molar-refractivity contribution in [1.82, 2.24) is 5.32 Å². The molecule has 0 atom stereocenters. The zero-order valence-electron chi connectivity index (χ0n) is 8.03. The molecule has 0 fully saturated rings. The van der Waals surface area contributed by atoms with Gasteiger partial charge in [-0.15, -0.1) is 0 Å². The first-order valence-corrected chi connectivity index (χ1v) is 3.96. The molecule has 0 aliphatic carbocycles. The molecule has 0 aromatic carbocycles. The number of carbonyl (C=O) groups is 1. The largest absolute Gasteiger partial charge is 0.390 e. The van der Waals surface area contributed by atoms with E-state index in [2.05, 4.69) is 5.32 Å². The lowest BCUT2D eigenvalue weighted by atomic mass is 9.96. The third-order valence-electron chi connectivity index (χ3n) is 1.42. The second kappa shape index (κ2) is 4.00. The van der Waals surface area contributed by atoms with E-state index in [0.717, 1.165) is 0 Å². The van der Waals surface area contributed by atoms with Gasteiger partial charge in [0.25, 0.3) is 5.92 Å². The Kier molecular flexibility index (Phi) is 3.78. The van der Waals surface area contributed by atoms with Crippen LogP contribution in [0.4, 0.5) is 8.78 Å². The van der Waals surface area contributed by atoms with Crippen LogP contribution in [0.15, 0.2) is 0 Å². The van der Waals surface area contributed by atoms with E-state index >= 15 is 0 Å². The average Bonchev–Trinajstić information content (AvgIpc) is 1.98. The first-order chi connectivity index (χ1) is 5.69. The van der Waals surface area contributed by atoms with Crippen molar-refractivity contribution in [2.75, 3.05) is 13.2 Å². The van der Waals surface area contributed by atoms with Crippen molar-refractivity contribution >= 4 is 5.91 Å². The van der Waals surface area contributed by atoms with E-state index in [1.54, 1.807) is 20.8 Å². The zero-order valence-corrected chi connectivity index (χ0v) is 8.03. The molecule has 0 heterocycles. The summed E-state index contributed by atoms with van der Waals surface area (Å²) in [5.74, 6) is -3.69. The molecule has 78 valence electrons. The standard InChI is InChI=1S/C8H15F2NO2/c1-7(2,3)6(13)11-4-8(9,10)5-12/h12H,4-5H2,1-3H3,(H,11,13). The highest BCUT2D eigenvalue weighted by molar-refractivity contribution is 5.81. The maximum atomic E-state index is 12.4. The van der Waals surface area contributed by atoms with Crippen LogP contribution in [-0.2, 0) is 4.79 Å². The molecule has 0 saturated carbocycles. The van der Waals surface area contributed by atoms with Crippen LogP contribution < -0.4 is 5.32 Å². The lowest BCUT2D eigenvalue weighted by Crippen LogP contribution is -2.43. The van der Waals surface area contributed by atoms with Crippen LogP contribution in [0, 0.1) is 5.41 Å². The predicted octanol–water partition coefficient (Wildman–Crippen LogP) is 0.776. The average molecular weight is 195 g/mol. The van der Waals surface area contributed by atoms with Gasteiger partial charge < -0.3 is 10.4 Å². The van der Waals surface area contributed by atoms with Crippen molar-refractivity contribution in [3.63, 3.8) is 0 Å². The summed E-state index contributed by atoms with van der Waals surface area (Å²) in [6.07, 6.45) is 0. The Bertz CT molecular complexity index is 187. The molecule has 0 aromatic heterocycles. The van der Waals surface area contributed by atoms with Gasteiger partial charge in [-0.2, -0.15) is 0 Å². The normalized spacial score (nSPS) is 12.8. The van der Waals surface area contributed by atoms with Crippen LogP contribution >= 0.6 is 0 Å². The zero-order chi connectivity index (χ0) is 10.7. The van der Waals surface area contributed by atoms with Gasteiger partial charge in [0.2, 0.25) is 5.91 Å². The summed E-state index contributed by atoms with van der Waals surface area (Å²) >= 11 is 0. The van der Waals surface area contributed by atoms with Crippen molar-refractivity contribution in [3.05, 3.63) is 0 Å². The topological polar surface area (TPSA) is 49.3 Å². The first kappa shape index (κ1) is 12.3. The van der Waals surface area contributed by atoms with Crippen molar-refractivity contribution in [3.8, 4) is 0 Å². The van der Waals surface area contributed by atoms with Crippen LogP contribution in [0.3, 0.4) is 0 Å². The molecule has 3 nitrogen and oxygen atoms in total. The van der Waals surface area contributed by atoms with Gasteiger partial charge >= 0.3 is 0 Å². The molecule has 0 bridgehead atoms. The van der Waals surface area contributed by atoms with Crippen LogP contribution in [0.5, 0.6) is 0 Å². The highest BCUT2D eigenvalue weighted by Gasteiger charge is 2.30. The van der Waals surface area contributed by atoms with Gasteiger partial charge in [-0.1, -0.05) is 20.8 Å². The number of nitrogens with one attached hydrogen (secondary N) is 1. The van der Waals surface area contributed by atoms with Crippen molar-refractivity contribution < 1.29 is 18.7 Å². The van der Waals surface area contributed by atoms with Crippen LogP contribution in [0.25, 0.3) is 0 Å². The molecule has 0 aromatic rings. The van der Waals surface area contributed by atoms with Crippen LogP contribution in [0.1, 0.15) is 20.8 Å². The Morgan fingerprint density at radius 1 is 1.38 bits per heavy atom. The minimum atomic E-state index is -3.24. The summed E-state index contributed by atoms with van der Waals surface area (Å²) in [4.78, 5) is 11.1. The Balaban J connectivity index is 3.98. The lowest BCUT2D eigenvalue weighted by molar-refractivity contribution is -0.131. The SMILES string of the molecule is CC(C)(C)C(=O)NCC(F)(F)CO. The quantitative estimate of drug-likeness (QED) is 0.699. The molecule has 0 aliphatic heterocycles. The summed E-state index contributed by atoms with van der Waals surface area (Å²) in [5, 5.41) is 10.3. The molecule has 0 spiro atoms. The molecular weight excluding hydrogens is 180 g/mol. The smallest absolute Gasteiger partial charge is 0.287 e. The monoisotopic (exact) mass is 195 g/mol. The van der Waals surface area contributed by atoms with Crippen molar-refractivity contribution in [2.45, 2.75) is 26.7 Å². The second-order valence-electron chi connectivity index (χ2n) is 3.95. The van der Waals surface area contributed by atoms with Gasteiger partial charge in [0.05, 0.1) is 6.54 Å². The Labute approximate surface area is 76.1 Å². The van der Waals surface area contributed by atoms with E-state index in [0.29, 0.717) is 0 Å². The number of carbonyl (C=O) groups excluding carboxylic acids is 1. The Hall–Kier alpha value is -0.710. The highest BCUT2D eigenvalue weighted by atomic mass is 19.3. The van der Waals surface area contributed by atoms with Gasteiger partial charge in [0.15, 0.2) is 0 Å². The molecule has 0 saturated heterocycles. The molecule has 0 aliphatic rings. The summed E-state index contributed by atoms with van der Waals surface area (Å²) in [6.45, 7) is 2.80. The van der Waals surface area contributed by atoms with Crippen LogP contribution in [0.2, 0.25) is 0 Å². The summed E-state index contributed by atoms with van der Waals surface area (Å²) in [5.41, 5.74) is -0.689. The second-order valence-corrected chi connectivity index (χ2v) is 3.95. The molecule has 1 amide bonds. The molecular formula is C8H15F2NO2. The first-order valence-electron chi connectivity index (χ1n) is 3.96. The van der Waals surface area contributed by atoms with E-state index in [-0.39, 0.29) is 0 Å². The molecule has 13 heavy (non-hydrogen) atoms. The number of hydrogen-bond donors (Lipinski definition) is 2. The molecule has 5 heteroatoms. The number of aliphatic hydroxyl groups excluding tert-OH is 1. The van der Waals surface area contributed by atoms with Crippen molar-refractivity contribution in [1.29, 1.82) is 0 Å². The fraction of sp³-hybridized carbons (Fsp3) is 0.875. The fourth-order valence-corrected chi connectivity index (χ4v) is 0.531. The van der Waals surface area contributed by atoms with Crippen LogP contribution in [-0.4, -0.2) is 30.1 Å². The summed E-state index contributed by atoms with van der Waals surface area (Å²) in [7, 11) is 0. The number of amides is 1. The third-order valence-corrected chi connectivity index (χ3v) is 1.42. The summed E-state index contributed by atoms with van der Waals surface area (Å²) < 4.78 is 24.9. The minimum absolute atomic E-state index is 0.458. The minimum Gasteiger partial charge on any atom is -0.390 e. The van der Waals surface area contributed by atoms with E-state index in [1.807, 2.05) is 0 Å². The van der Waals surface area contributed by atoms with E-state index in [4.69, 9.17) is 5.11 Å². The molecule has 0 radical (unpaired) electrons. The molecule has 0 unspecified atom stereocenters. The van der Waals surface area contributed by atoms with Gasteiger partial charge in [-0.3, -0.25) is 4.79 Å². The highest BCUT2D eigenvalue weighted by Crippen LogP contribution is 2.14. The fourth-order valence-electron chi connectivity index (χ4n) is 0.531. The third kappa shape index (κ3) is 4.77. The maximum Gasteiger partial charge on any atom is 0.287 e. The summed E-state index contributed by atoms with van der Waals surface area (Å²) in [6, 6.07) is 0. The number of aliphatic hydroxyl groups is 1.